The molecule has 0 bridgehead atoms. The lowest BCUT2D eigenvalue weighted by Gasteiger charge is -2.15. The van der Waals surface area contributed by atoms with Crippen LogP contribution in [0, 0.1) is 11.1 Å². The summed E-state index contributed by atoms with van der Waals surface area (Å²) in [4.78, 5) is 0. The van der Waals surface area contributed by atoms with E-state index in [0.29, 0.717) is 12.1 Å². The van der Waals surface area contributed by atoms with E-state index in [1.54, 1.807) is 12.1 Å². The quantitative estimate of drug-likeness (QED) is 0.633. The van der Waals surface area contributed by atoms with Gasteiger partial charge in [-0.1, -0.05) is 18.2 Å². The van der Waals surface area contributed by atoms with Crippen LogP contribution in [0.3, 0.4) is 0 Å². The summed E-state index contributed by atoms with van der Waals surface area (Å²) in [6.07, 6.45) is 1.37. The van der Waals surface area contributed by atoms with E-state index < -0.39 is 9.56 Å². The number of hydrogen-bond acceptors (Lipinski definition) is 2. The molecule has 1 aliphatic carbocycles. The molecule has 1 aromatic carbocycles. The van der Waals surface area contributed by atoms with Gasteiger partial charge in [-0.25, -0.2) is 5.21 Å². The lowest BCUT2D eigenvalue weighted by molar-refractivity contribution is -0.991. The minimum absolute atomic E-state index is 0.182. The van der Waals surface area contributed by atoms with Crippen LogP contribution in [0.2, 0.25) is 0 Å². The van der Waals surface area contributed by atoms with Crippen molar-refractivity contribution in [1.29, 1.82) is 0 Å². The molecule has 1 aromatic rings. The van der Waals surface area contributed by atoms with E-state index >= 15 is 0 Å². The molecule has 1 fully saturated rings. The van der Waals surface area contributed by atoms with Gasteiger partial charge in [-0.05, 0) is 18.8 Å². The molecule has 1 saturated carbocycles. The number of quaternary nitrogens is 1. The second-order valence-electron chi connectivity index (χ2n) is 3.83. The normalized spacial score (nSPS) is 24.9. The van der Waals surface area contributed by atoms with Crippen molar-refractivity contribution in [1.82, 2.24) is 0 Å². The minimum Gasteiger partial charge on any atom is -0.595 e. The van der Waals surface area contributed by atoms with Gasteiger partial charge in [-0.2, -0.15) is 5.23 Å². The number of rotatable bonds is 3. The molecule has 0 heterocycles. The van der Waals surface area contributed by atoms with E-state index in [9.17, 15) is 5.21 Å². The van der Waals surface area contributed by atoms with Gasteiger partial charge in [0, 0.05) is 11.6 Å². The van der Waals surface area contributed by atoms with Crippen LogP contribution in [0.15, 0.2) is 24.3 Å². The number of halogens is 2. The molecule has 0 spiro atoms. The van der Waals surface area contributed by atoms with Crippen LogP contribution in [0.25, 0.3) is 0 Å². The first-order chi connectivity index (χ1) is 7.00. The summed E-state index contributed by atoms with van der Waals surface area (Å²) >= 11 is 11.8. The standard InChI is InChI=1S/C10H11Cl2NO2/c11-10(12)6-8(10)5-7-3-1-2-4-9(7)13(14)15/h1-4,8,13-14H,5-6H2. The molecule has 3 nitrogen and oxygen atoms in total. The van der Waals surface area contributed by atoms with Gasteiger partial charge in [0.25, 0.3) is 0 Å². The summed E-state index contributed by atoms with van der Waals surface area (Å²) in [6.45, 7) is 0. The average molecular weight is 248 g/mol. The van der Waals surface area contributed by atoms with Gasteiger partial charge in [0.2, 0.25) is 0 Å². The fourth-order valence-electron chi connectivity index (χ4n) is 1.66. The van der Waals surface area contributed by atoms with Crippen molar-refractivity contribution >= 4 is 28.9 Å². The van der Waals surface area contributed by atoms with Gasteiger partial charge >= 0.3 is 0 Å². The Hall–Kier alpha value is -0.320. The topological polar surface area (TPSA) is 47.7 Å². The van der Waals surface area contributed by atoms with Gasteiger partial charge < -0.3 is 5.21 Å². The second-order valence-corrected chi connectivity index (χ2v) is 5.37. The van der Waals surface area contributed by atoms with Gasteiger partial charge in [0.15, 0.2) is 5.69 Å². The Kier molecular flexibility index (Phi) is 2.92. The molecule has 0 aliphatic heterocycles. The van der Waals surface area contributed by atoms with Crippen molar-refractivity contribution in [3.05, 3.63) is 35.0 Å². The fourth-order valence-corrected chi connectivity index (χ4v) is 2.19. The van der Waals surface area contributed by atoms with Gasteiger partial charge in [-0.15, -0.1) is 23.2 Å². The molecule has 0 amide bonds. The number of nitrogens with one attached hydrogen (secondary N) is 1. The summed E-state index contributed by atoms with van der Waals surface area (Å²) in [5.74, 6) is 0.182. The van der Waals surface area contributed by atoms with Crippen molar-refractivity contribution in [2.75, 3.05) is 0 Å². The molecule has 5 heteroatoms. The van der Waals surface area contributed by atoms with Crippen LogP contribution >= 0.6 is 23.2 Å². The zero-order valence-electron chi connectivity index (χ0n) is 7.91. The van der Waals surface area contributed by atoms with Crippen LogP contribution in [-0.2, 0) is 6.42 Å². The molecule has 1 aliphatic rings. The maximum Gasteiger partial charge on any atom is 0.166 e. The Morgan fingerprint density at radius 2 is 2.07 bits per heavy atom. The molecule has 0 saturated heterocycles. The third-order valence-corrected chi connectivity index (χ3v) is 3.60. The second kappa shape index (κ2) is 3.92. The lowest BCUT2D eigenvalue weighted by atomic mass is 10.1. The monoisotopic (exact) mass is 247 g/mol. The third-order valence-electron chi connectivity index (χ3n) is 2.67. The van der Waals surface area contributed by atoms with E-state index in [4.69, 9.17) is 28.4 Å². The van der Waals surface area contributed by atoms with Crippen LogP contribution in [-0.4, -0.2) is 9.54 Å². The molecular weight excluding hydrogens is 237 g/mol. The van der Waals surface area contributed by atoms with E-state index in [0.717, 1.165) is 12.0 Å². The third kappa shape index (κ3) is 2.44. The maximum absolute atomic E-state index is 10.9. The average Bonchev–Trinajstić information content (AvgIpc) is 2.74. The Bertz CT molecular complexity index is 368. The van der Waals surface area contributed by atoms with Gasteiger partial charge in [-0.3, -0.25) is 0 Å². The molecular formula is C10H11Cl2NO2. The summed E-state index contributed by atoms with van der Waals surface area (Å²) in [5.41, 5.74) is 1.15. The van der Waals surface area contributed by atoms with Crippen LogP contribution in [0.1, 0.15) is 12.0 Å². The Morgan fingerprint density at radius 3 is 2.60 bits per heavy atom. The first kappa shape index (κ1) is 11.2. The highest BCUT2D eigenvalue weighted by Crippen LogP contribution is 2.54. The van der Waals surface area contributed by atoms with Crippen molar-refractivity contribution in [3.63, 3.8) is 0 Å². The smallest absolute Gasteiger partial charge is 0.166 e. The first-order valence-corrected chi connectivity index (χ1v) is 5.45. The molecule has 2 unspecified atom stereocenters. The van der Waals surface area contributed by atoms with E-state index in [-0.39, 0.29) is 5.92 Å². The fraction of sp³-hybridized carbons (Fsp3) is 0.400. The molecule has 0 aromatic heterocycles. The Labute approximate surface area is 97.7 Å². The Balaban J connectivity index is 2.14. The highest BCUT2D eigenvalue weighted by Gasteiger charge is 2.51. The predicted octanol–water partition coefficient (Wildman–Crippen LogP) is 1.83. The van der Waals surface area contributed by atoms with Crippen molar-refractivity contribution in [2.45, 2.75) is 17.2 Å². The Morgan fingerprint density at radius 1 is 1.47 bits per heavy atom. The van der Waals surface area contributed by atoms with Crippen molar-refractivity contribution in [2.24, 2.45) is 5.92 Å². The number of alkyl halides is 2. The van der Waals surface area contributed by atoms with Gasteiger partial charge in [0.1, 0.15) is 4.33 Å². The number of hydrogen-bond donors (Lipinski definition) is 2. The molecule has 82 valence electrons. The molecule has 15 heavy (non-hydrogen) atoms. The zero-order chi connectivity index (χ0) is 11.1. The van der Waals surface area contributed by atoms with E-state index in [2.05, 4.69) is 0 Å². The summed E-state index contributed by atoms with van der Waals surface area (Å²) in [6, 6.07) is 6.96. The van der Waals surface area contributed by atoms with E-state index in [1.807, 2.05) is 12.1 Å². The molecule has 2 atom stereocenters. The van der Waals surface area contributed by atoms with Crippen LogP contribution in [0.5, 0.6) is 0 Å². The largest absolute Gasteiger partial charge is 0.595 e. The predicted molar refractivity (Wildman–Crippen MR) is 58.5 cm³/mol. The zero-order valence-corrected chi connectivity index (χ0v) is 9.42. The number of benzene rings is 1. The SMILES string of the molecule is [O-][NH+](O)c1ccccc1CC1CC1(Cl)Cl. The van der Waals surface area contributed by atoms with Crippen LogP contribution in [0.4, 0.5) is 5.69 Å². The number of para-hydroxylation sites is 1. The van der Waals surface area contributed by atoms with E-state index in [1.165, 1.54) is 0 Å². The van der Waals surface area contributed by atoms with Crippen LogP contribution < -0.4 is 5.23 Å². The first-order valence-electron chi connectivity index (χ1n) is 4.70. The lowest BCUT2D eigenvalue weighted by Crippen LogP contribution is -2.99. The molecule has 0 radical (unpaired) electrons. The summed E-state index contributed by atoms with van der Waals surface area (Å²) in [5, 5.41) is 19.0. The maximum atomic E-state index is 10.9. The highest BCUT2D eigenvalue weighted by atomic mass is 35.5. The van der Waals surface area contributed by atoms with Crippen molar-refractivity contribution < 1.29 is 10.4 Å². The van der Waals surface area contributed by atoms with Gasteiger partial charge in [0.05, 0.1) is 0 Å². The van der Waals surface area contributed by atoms with Crippen molar-refractivity contribution in [3.8, 4) is 0 Å². The molecule has 2 N–H and O–H groups in total. The minimum atomic E-state index is -0.902. The molecule has 2 rings (SSSR count). The summed E-state index contributed by atoms with van der Waals surface area (Å²) < 4.78 is -0.647. The summed E-state index contributed by atoms with van der Waals surface area (Å²) in [7, 11) is 0. The highest BCUT2D eigenvalue weighted by molar-refractivity contribution is 6.50.